The van der Waals surface area contributed by atoms with Crippen LogP contribution in [0.25, 0.3) is 20.7 Å². The summed E-state index contributed by atoms with van der Waals surface area (Å²) in [6, 6.07) is 16.1. The number of benzene rings is 2. The molecule has 0 atom stereocenters. The molecule has 0 fully saturated rings. The minimum absolute atomic E-state index is 0.0867. The van der Waals surface area contributed by atoms with Crippen LogP contribution in [0.2, 0.25) is 5.02 Å². The Labute approximate surface area is 197 Å². The fourth-order valence-corrected chi connectivity index (χ4v) is 5.25. The highest BCUT2D eigenvalue weighted by Crippen LogP contribution is 2.31. The molecular weight excluding hydrogens is 469 g/mol. The van der Waals surface area contributed by atoms with Crippen molar-refractivity contribution in [2.75, 3.05) is 12.8 Å². The molecule has 2 aromatic carbocycles. The van der Waals surface area contributed by atoms with Gasteiger partial charge in [0.25, 0.3) is 5.56 Å². The van der Waals surface area contributed by atoms with Gasteiger partial charge in [0.1, 0.15) is 16.5 Å². The number of nitrogens with one attached hydrogen (secondary N) is 1. The Morgan fingerprint density at radius 3 is 2.75 bits per heavy atom. The van der Waals surface area contributed by atoms with Crippen molar-refractivity contribution in [1.82, 2.24) is 14.9 Å². The molecule has 0 aliphatic heterocycles. The molecule has 0 saturated heterocycles. The second-order valence-electron chi connectivity index (χ2n) is 7.15. The molecule has 0 radical (unpaired) electrons. The second kappa shape index (κ2) is 9.85. The number of rotatable bonds is 7. The number of carbonyl (C=O) groups is 1. The lowest BCUT2D eigenvalue weighted by atomic mass is 10.2. The Balaban J connectivity index is 1.40. The van der Waals surface area contributed by atoms with Crippen LogP contribution in [0.1, 0.15) is 11.4 Å². The summed E-state index contributed by atoms with van der Waals surface area (Å²) in [5, 5.41) is 0.846. The maximum absolute atomic E-state index is 14.0. The summed E-state index contributed by atoms with van der Waals surface area (Å²) in [7, 11) is 1.61. The van der Waals surface area contributed by atoms with Crippen molar-refractivity contribution >= 4 is 50.8 Å². The van der Waals surface area contributed by atoms with Crippen LogP contribution in [0.15, 0.2) is 59.4 Å². The highest BCUT2D eigenvalue weighted by atomic mass is 35.5. The summed E-state index contributed by atoms with van der Waals surface area (Å²) < 4.78 is 14.0. The number of thioether (sulfide) groups is 1. The van der Waals surface area contributed by atoms with Crippen LogP contribution in [0.4, 0.5) is 4.39 Å². The van der Waals surface area contributed by atoms with E-state index in [1.807, 2.05) is 36.4 Å². The van der Waals surface area contributed by atoms with Crippen molar-refractivity contribution in [3.8, 4) is 10.4 Å². The van der Waals surface area contributed by atoms with Crippen molar-refractivity contribution in [3.05, 3.63) is 87.2 Å². The van der Waals surface area contributed by atoms with Crippen molar-refractivity contribution in [2.24, 2.45) is 0 Å². The average Bonchev–Trinajstić information content (AvgIpc) is 3.22. The molecule has 32 heavy (non-hydrogen) atoms. The van der Waals surface area contributed by atoms with Gasteiger partial charge in [0.2, 0.25) is 5.91 Å². The van der Waals surface area contributed by atoms with E-state index in [-0.39, 0.29) is 23.8 Å². The molecule has 4 rings (SSSR count). The first-order valence-corrected chi connectivity index (χ1v) is 12.1. The quantitative estimate of drug-likeness (QED) is 0.382. The molecule has 0 unspecified atom stereocenters. The van der Waals surface area contributed by atoms with Gasteiger partial charge in [-0.25, -0.2) is 9.37 Å². The molecule has 0 spiro atoms. The molecule has 2 heterocycles. The summed E-state index contributed by atoms with van der Waals surface area (Å²) in [5.41, 5.74) is 1.13. The van der Waals surface area contributed by atoms with E-state index in [9.17, 15) is 14.0 Å². The number of halogens is 2. The maximum atomic E-state index is 14.0. The number of aromatic nitrogens is 2. The first-order valence-electron chi connectivity index (χ1n) is 9.75. The number of hydrogen-bond donors (Lipinski definition) is 1. The minimum Gasteiger partial charge on any atom is -0.341 e. The van der Waals surface area contributed by atoms with E-state index in [0.29, 0.717) is 32.4 Å². The van der Waals surface area contributed by atoms with E-state index in [1.165, 1.54) is 40.1 Å². The monoisotopic (exact) mass is 487 g/mol. The van der Waals surface area contributed by atoms with Gasteiger partial charge in [0.15, 0.2) is 0 Å². The molecule has 1 N–H and O–H groups in total. The Bertz CT molecular complexity index is 1300. The molecule has 0 bridgehead atoms. The molecule has 4 aromatic rings. The van der Waals surface area contributed by atoms with Crippen molar-refractivity contribution in [3.63, 3.8) is 0 Å². The number of carbonyl (C=O) groups excluding carboxylic acids is 1. The zero-order valence-corrected chi connectivity index (χ0v) is 19.5. The van der Waals surface area contributed by atoms with Crippen LogP contribution in [0.3, 0.4) is 0 Å². The molecule has 2 aromatic heterocycles. The van der Waals surface area contributed by atoms with Crippen molar-refractivity contribution in [1.29, 1.82) is 0 Å². The Morgan fingerprint density at radius 2 is 2.00 bits per heavy atom. The molecule has 9 heteroatoms. The first-order chi connectivity index (χ1) is 15.4. The van der Waals surface area contributed by atoms with Crippen LogP contribution in [0.5, 0.6) is 0 Å². The SMILES string of the molecule is CN(Cc1c(F)cccc1Cl)C(=O)CSCc1nc2sc(-c3ccccc3)cc2c(=O)[nH]1. The predicted molar refractivity (Wildman–Crippen MR) is 130 cm³/mol. The molecule has 1 amide bonds. The van der Waals surface area contributed by atoms with Crippen LogP contribution in [-0.2, 0) is 17.1 Å². The molecular formula is C23H19ClFN3O2S2. The average molecular weight is 488 g/mol. The number of thiophene rings is 1. The van der Waals surface area contributed by atoms with Crippen molar-refractivity contribution < 1.29 is 9.18 Å². The number of H-pyrrole nitrogens is 1. The van der Waals surface area contributed by atoms with Crippen molar-refractivity contribution in [2.45, 2.75) is 12.3 Å². The fraction of sp³-hybridized carbons (Fsp3) is 0.174. The lowest BCUT2D eigenvalue weighted by molar-refractivity contribution is -0.127. The Morgan fingerprint density at radius 1 is 1.22 bits per heavy atom. The smallest absolute Gasteiger partial charge is 0.259 e. The topological polar surface area (TPSA) is 66.1 Å². The van der Waals surface area contributed by atoms with Crippen LogP contribution >= 0.6 is 34.7 Å². The van der Waals surface area contributed by atoms with Gasteiger partial charge >= 0.3 is 0 Å². The molecule has 0 aliphatic rings. The third kappa shape index (κ3) is 5.03. The Hall–Kier alpha value is -2.68. The summed E-state index contributed by atoms with van der Waals surface area (Å²) in [5.74, 6) is 0.459. The Kier molecular flexibility index (Phi) is 6.93. The molecule has 0 saturated carbocycles. The van der Waals surface area contributed by atoms with E-state index in [2.05, 4.69) is 9.97 Å². The molecule has 5 nitrogen and oxygen atoms in total. The summed E-state index contributed by atoms with van der Waals surface area (Å²) in [6.45, 7) is 0.0867. The molecule has 0 aliphatic carbocycles. The largest absolute Gasteiger partial charge is 0.341 e. The zero-order valence-electron chi connectivity index (χ0n) is 17.1. The minimum atomic E-state index is -0.439. The standard InChI is InChI=1S/C23H19ClFN3O2S2/c1-28(11-16-17(24)8-5-9-18(16)25)21(29)13-31-12-20-26-22(30)15-10-19(32-23(15)27-20)14-6-3-2-4-7-14/h2-10H,11-13H2,1H3,(H,26,27,30). The third-order valence-corrected chi connectivity index (χ3v) is 7.22. The number of aromatic amines is 1. The van der Waals surface area contributed by atoms with Crippen LogP contribution in [-0.4, -0.2) is 33.6 Å². The maximum Gasteiger partial charge on any atom is 0.259 e. The summed E-state index contributed by atoms with van der Waals surface area (Å²) in [4.78, 5) is 35.4. The summed E-state index contributed by atoms with van der Waals surface area (Å²) in [6.07, 6.45) is 0. The van der Waals surface area contributed by atoms with Crippen LogP contribution < -0.4 is 5.56 Å². The number of hydrogen-bond acceptors (Lipinski definition) is 5. The van der Waals surface area contributed by atoms with E-state index >= 15 is 0 Å². The fourth-order valence-electron chi connectivity index (χ4n) is 3.14. The van der Waals surface area contributed by atoms with Gasteiger partial charge in [-0.15, -0.1) is 23.1 Å². The highest BCUT2D eigenvalue weighted by molar-refractivity contribution is 7.99. The zero-order chi connectivity index (χ0) is 22.7. The van der Waals surface area contributed by atoms with Crippen LogP contribution in [0, 0.1) is 5.82 Å². The normalized spacial score (nSPS) is 11.1. The van der Waals surface area contributed by atoms with E-state index < -0.39 is 5.82 Å². The van der Waals surface area contributed by atoms with Gasteiger partial charge in [-0.3, -0.25) is 9.59 Å². The first kappa shape index (κ1) is 22.5. The van der Waals surface area contributed by atoms with Gasteiger partial charge in [-0.2, -0.15) is 0 Å². The van der Waals surface area contributed by atoms with E-state index in [0.717, 1.165) is 10.4 Å². The third-order valence-electron chi connectivity index (χ3n) is 4.86. The lowest BCUT2D eigenvalue weighted by Crippen LogP contribution is -2.28. The van der Waals surface area contributed by atoms with Gasteiger partial charge in [0, 0.05) is 29.1 Å². The molecule has 164 valence electrons. The second-order valence-corrected chi connectivity index (χ2v) is 9.57. The predicted octanol–water partition coefficient (Wildman–Crippen LogP) is 5.34. The van der Waals surface area contributed by atoms with E-state index in [1.54, 1.807) is 13.1 Å². The lowest BCUT2D eigenvalue weighted by Gasteiger charge is -2.18. The number of nitrogens with zero attached hydrogens (tertiary/aromatic N) is 2. The van der Waals surface area contributed by atoms with Gasteiger partial charge in [0.05, 0.1) is 16.9 Å². The van der Waals surface area contributed by atoms with Gasteiger partial charge < -0.3 is 9.88 Å². The number of amides is 1. The number of fused-ring (bicyclic) bond motifs is 1. The van der Waals surface area contributed by atoms with E-state index in [4.69, 9.17) is 11.6 Å². The highest BCUT2D eigenvalue weighted by Gasteiger charge is 2.15. The van der Waals surface area contributed by atoms with Gasteiger partial charge in [-0.05, 0) is 23.8 Å². The van der Waals surface area contributed by atoms with Gasteiger partial charge in [-0.1, -0.05) is 48.0 Å². The summed E-state index contributed by atoms with van der Waals surface area (Å²) >= 11 is 8.84.